The zero-order chi connectivity index (χ0) is 11.4. The molecule has 3 heteroatoms. The van der Waals surface area contributed by atoms with E-state index in [1.165, 1.54) is 24.9 Å². The van der Waals surface area contributed by atoms with E-state index in [1.54, 1.807) is 7.11 Å². The maximum absolute atomic E-state index is 5.77. The highest BCUT2D eigenvalue weighted by Crippen LogP contribution is 2.21. The molecule has 0 aliphatic carbocycles. The first-order valence-corrected chi connectivity index (χ1v) is 5.90. The van der Waals surface area contributed by atoms with Crippen LogP contribution in [-0.4, -0.2) is 31.1 Å². The molecule has 1 aliphatic rings. The summed E-state index contributed by atoms with van der Waals surface area (Å²) in [6.45, 7) is 2.92. The van der Waals surface area contributed by atoms with Gasteiger partial charge in [0.15, 0.2) is 0 Å². The van der Waals surface area contributed by atoms with Gasteiger partial charge in [0, 0.05) is 19.1 Å². The lowest BCUT2D eigenvalue weighted by atomic mass is 10.1. The van der Waals surface area contributed by atoms with E-state index in [0.717, 1.165) is 18.8 Å². The number of ether oxygens (including phenoxy) is 1. The van der Waals surface area contributed by atoms with Crippen molar-refractivity contribution in [1.82, 2.24) is 4.90 Å². The Morgan fingerprint density at radius 2 is 2.38 bits per heavy atom. The largest absolute Gasteiger partial charge is 0.497 e. The molecule has 1 aliphatic heterocycles. The van der Waals surface area contributed by atoms with E-state index in [2.05, 4.69) is 17.0 Å². The Balaban J connectivity index is 2.02. The predicted octanol–water partition coefficient (Wildman–Crippen LogP) is 1.62. The summed E-state index contributed by atoms with van der Waals surface area (Å²) in [5.74, 6) is 0.931. The summed E-state index contributed by atoms with van der Waals surface area (Å²) in [7, 11) is 1.71. The van der Waals surface area contributed by atoms with Crippen molar-refractivity contribution in [1.29, 1.82) is 0 Å². The molecular weight excluding hydrogens is 200 g/mol. The number of nitrogens with two attached hydrogens (primary N) is 1. The standard InChI is InChI=1S/C13H20N2O/c1-16-13-6-2-4-11(8-13)10-15-7-3-5-12(15)9-14/h2,4,6,8,12H,3,5,7,9-10,14H2,1H3. The fraction of sp³-hybridized carbons (Fsp3) is 0.538. The Hall–Kier alpha value is -1.06. The first-order valence-electron chi connectivity index (χ1n) is 5.90. The smallest absolute Gasteiger partial charge is 0.119 e. The van der Waals surface area contributed by atoms with E-state index in [-0.39, 0.29) is 0 Å². The van der Waals surface area contributed by atoms with Gasteiger partial charge in [0.25, 0.3) is 0 Å². The van der Waals surface area contributed by atoms with Crippen LogP contribution in [0.2, 0.25) is 0 Å². The minimum atomic E-state index is 0.561. The van der Waals surface area contributed by atoms with Gasteiger partial charge in [-0.2, -0.15) is 0 Å². The summed E-state index contributed by atoms with van der Waals surface area (Å²) in [6.07, 6.45) is 2.51. The van der Waals surface area contributed by atoms with Crippen molar-refractivity contribution in [3.05, 3.63) is 29.8 Å². The summed E-state index contributed by atoms with van der Waals surface area (Å²) >= 11 is 0. The van der Waals surface area contributed by atoms with Crippen molar-refractivity contribution < 1.29 is 4.74 Å². The molecule has 0 aromatic heterocycles. The Labute approximate surface area is 97.2 Å². The van der Waals surface area contributed by atoms with Crippen LogP contribution in [0.1, 0.15) is 18.4 Å². The number of hydrogen-bond acceptors (Lipinski definition) is 3. The topological polar surface area (TPSA) is 38.5 Å². The van der Waals surface area contributed by atoms with Crippen LogP contribution in [0.4, 0.5) is 0 Å². The van der Waals surface area contributed by atoms with Crippen LogP contribution in [0.25, 0.3) is 0 Å². The second kappa shape index (κ2) is 5.32. The third-order valence-corrected chi connectivity index (χ3v) is 3.29. The van der Waals surface area contributed by atoms with Crippen LogP contribution in [0.5, 0.6) is 5.75 Å². The van der Waals surface area contributed by atoms with Gasteiger partial charge in [-0.05, 0) is 37.1 Å². The molecule has 1 heterocycles. The number of nitrogens with zero attached hydrogens (tertiary/aromatic N) is 1. The van der Waals surface area contributed by atoms with Crippen molar-refractivity contribution in [2.24, 2.45) is 5.73 Å². The van der Waals surface area contributed by atoms with Gasteiger partial charge in [-0.3, -0.25) is 4.90 Å². The lowest BCUT2D eigenvalue weighted by molar-refractivity contribution is 0.250. The van der Waals surface area contributed by atoms with Gasteiger partial charge in [-0.1, -0.05) is 12.1 Å². The highest BCUT2D eigenvalue weighted by Gasteiger charge is 2.22. The molecule has 0 saturated carbocycles. The number of methoxy groups -OCH3 is 1. The third-order valence-electron chi connectivity index (χ3n) is 3.29. The predicted molar refractivity (Wildman–Crippen MR) is 65.5 cm³/mol. The second-order valence-corrected chi connectivity index (χ2v) is 4.35. The lowest BCUT2D eigenvalue weighted by Crippen LogP contribution is -2.34. The van der Waals surface area contributed by atoms with E-state index >= 15 is 0 Å². The molecule has 2 rings (SSSR count). The first-order chi connectivity index (χ1) is 7.83. The minimum absolute atomic E-state index is 0.561. The quantitative estimate of drug-likeness (QED) is 0.838. The molecule has 1 saturated heterocycles. The van der Waals surface area contributed by atoms with Gasteiger partial charge < -0.3 is 10.5 Å². The monoisotopic (exact) mass is 220 g/mol. The maximum Gasteiger partial charge on any atom is 0.119 e. The first kappa shape index (κ1) is 11.4. The van der Waals surface area contributed by atoms with Gasteiger partial charge in [-0.25, -0.2) is 0 Å². The van der Waals surface area contributed by atoms with Gasteiger partial charge in [0.2, 0.25) is 0 Å². The van der Waals surface area contributed by atoms with Crippen LogP contribution in [0.3, 0.4) is 0 Å². The number of hydrogen-bond donors (Lipinski definition) is 1. The Bertz CT molecular complexity index is 340. The fourth-order valence-electron chi connectivity index (χ4n) is 2.38. The SMILES string of the molecule is COc1cccc(CN2CCCC2CN)c1. The molecule has 3 nitrogen and oxygen atoms in total. The summed E-state index contributed by atoms with van der Waals surface area (Å²) < 4.78 is 5.23. The van der Waals surface area contributed by atoms with Gasteiger partial charge in [-0.15, -0.1) is 0 Å². The Morgan fingerprint density at radius 3 is 3.12 bits per heavy atom. The summed E-state index contributed by atoms with van der Waals surface area (Å²) in [4.78, 5) is 2.47. The number of rotatable bonds is 4. The van der Waals surface area contributed by atoms with Crippen molar-refractivity contribution in [2.45, 2.75) is 25.4 Å². The molecule has 0 radical (unpaired) electrons. The molecule has 1 atom stereocenters. The molecular formula is C13H20N2O. The van der Waals surface area contributed by atoms with Crippen molar-refractivity contribution in [2.75, 3.05) is 20.2 Å². The molecule has 0 bridgehead atoms. The van der Waals surface area contributed by atoms with Crippen LogP contribution in [0.15, 0.2) is 24.3 Å². The molecule has 16 heavy (non-hydrogen) atoms. The summed E-state index contributed by atoms with van der Waals surface area (Å²) in [5, 5.41) is 0. The van der Waals surface area contributed by atoms with Crippen molar-refractivity contribution in [3.63, 3.8) is 0 Å². The molecule has 88 valence electrons. The fourth-order valence-corrected chi connectivity index (χ4v) is 2.38. The average molecular weight is 220 g/mol. The minimum Gasteiger partial charge on any atom is -0.497 e. The third kappa shape index (κ3) is 2.54. The molecule has 1 unspecified atom stereocenters. The van der Waals surface area contributed by atoms with E-state index in [9.17, 15) is 0 Å². The zero-order valence-corrected chi connectivity index (χ0v) is 9.86. The van der Waals surface area contributed by atoms with E-state index in [0.29, 0.717) is 6.04 Å². The molecule has 1 aromatic carbocycles. The molecule has 1 aromatic rings. The van der Waals surface area contributed by atoms with Crippen molar-refractivity contribution in [3.8, 4) is 5.75 Å². The zero-order valence-electron chi connectivity index (χ0n) is 9.86. The van der Waals surface area contributed by atoms with Crippen LogP contribution in [0, 0.1) is 0 Å². The normalized spacial score (nSPS) is 21.2. The maximum atomic E-state index is 5.77. The van der Waals surface area contributed by atoms with Crippen LogP contribution in [-0.2, 0) is 6.54 Å². The van der Waals surface area contributed by atoms with Crippen molar-refractivity contribution >= 4 is 0 Å². The second-order valence-electron chi connectivity index (χ2n) is 4.35. The number of likely N-dealkylation sites (tertiary alicyclic amines) is 1. The summed E-state index contributed by atoms with van der Waals surface area (Å²) in [5.41, 5.74) is 7.07. The molecule has 0 spiro atoms. The summed E-state index contributed by atoms with van der Waals surface area (Å²) in [6, 6.07) is 8.84. The van der Waals surface area contributed by atoms with Crippen LogP contribution >= 0.6 is 0 Å². The van der Waals surface area contributed by atoms with E-state index in [1.807, 2.05) is 12.1 Å². The number of benzene rings is 1. The average Bonchev–Trinajstić information content (AvgIpc) is 2.76. The molecule has 2 N–H and O–H groups in total. The molecule has 1 fully saturated rings. The Kier molecular flexibility index (Phi) is 3.80. The van der Waals surface area contributed by atoms with Gasteiger partial charge >= 0.3 is 0 Å². The van der Waals surface area contributed by atoms with E-state index < -0.39 is 0 Å². The van der Waals surface area contributed by atoms with Gasteiger partial charge in [0.1, 0.15) is 5.75 Å². The lowest BCUT2D eigenvalue weighted by Gasteiger charge is -2.23. The molecule has 0 amide bonds. The van der Waals surface area contributed by atoms with Crippen LogP contribution < -0.4 is 10.5 Å². The van der Waals surface area contributed by atoms with Gasteiger partial charge in [0.05, 0.1) is 7.11 Å². The highest BCUT2D eigenvalue weighted by molar-refractivity contribution is 5.28. The van der Waals surface area contributed by atoms with E-state index in [4.69, 9.17) is 10.5 Å². The highest BCUT2D eigenvalue weighted by atomic mass is 16.5. The Morgan fingerprint density at radius 1 is 1.50 bits per heavy atom.